The molecule has 1 aromatic heterocycles. The molecular formula is C8H12Cl2N4. The molecule has 1 aliphatic heterocycles. The Labute approximate surface area is 92.8 Å². The average Bonchev–Trinajstić information content (AvgIpc) is 2.71. The second-order valence-electron chi connectivity index (χ2n) is 3.39. The first-order valence-electron chi connectivity index (χ1n) is 4.62. The van der Waals surface area contributed by atoms with E-state index in [-0.39, 0.29) is 0 Å². The van der Waals surface area contributed by atoms with Gasteiger partial charge in [-0.15, -0.1) is 0 Å². The molecule has 6 heteroatoms. The van der Waals surface area contributed by atoms with Crippen molar-refractivity contribution in [1.82, 2.24) is 14.8 Å². The fraction of sp³-hybridized carbons (Fsp3) is 0.750. The molecule has 1 aliphatic rings. The van der Waals surface area contributed by atoms with Crippen molar-refractivity contribution in [2.75, 3.05) is 18.0 Å². The van der Waals surface area contributed by atoms with Crippen molar-refractivity contribution in [2.45, 2.75) is 17.7 Å². The predicted molar refractivity (Wildman–Crippen MR) is 56.9 cm³/mol. The van der Waals surface area contributed by atoms with Crippen LogP contribution in [0.25, 0.3) is 0 Å². The van der Waals surface area contributed by atoms with Gasteiger partial charge in [-0.3, -0.25) is 0 Å². The van der Waals surface area contributed by atoms with E-state index < -0.39 is 4.84 Å². The number of halogens is 2. The zero-order valence-corrected chi connectivity index (χ0v) is 9.46. The number of aromatic nitrogens is 3. The molecule has 0 amide bonds. The van der Waals surface area contributed by atoms with Crippen LogP contribution in [-0.2, 0) is 7.05 Å². The van der Waals surface area contributed by atoms with Crippen molar-refractivity contribution >= 4 is 29.2 Å². The molecule has 0 N–H and O–H groups in total. The molecular weight excluding hydrogens is 223 g/mol. The number of anilines is 1. The number of hydrogen-bond acceptors (Lipinski definition) is 3. The number of rotatable bonds is 2. The third-order valence-corrected chi connectivity index (χ3v) is 2.73. The van der Waals surface area contributed by atoms with E-state index in [0.29, 0.717) is 5.82 Å². The van der Waals surface area contributed by atoms with Gasteiger partial charge < -0.3 is 4.90 Å². The molecule has 78 valence electrons. The normalized spacial score (nSPS) is 17.0. The van der Waals surface area contributed by atoms with Crippen molar-refractivity contribution in [3.8, 4) is 0 Å². The van der Waals surface area contributed by atoms with Gasteiger partial charge in [-0.05, 0) is 12.8 Å². The van der Waals surface area contributed by atoms with Crippen LogP contribution in [0.1, 0.15) is 23.5 Å². The van der Waals surface area contributed by atoms with Crippen LogP contribution in [0, 0.1) is 0 Å². The van der Waals surface area contributed by atoms with Gasteiger partial charge >= 0.3 is 0 Å². The highest BCUT2D eigenvalue weighted by Crippen LogP contribution is 2.24. The zero-order chi connectivity index (χ0) is 10.1. The summed E-state index contributed by atoms with van der Waals surface area (Å²) in [5, 5.41) is 4.15. The Bertz CT molecular complexity index is 317. The van der Waals surface area contributed by atoms with Gasteiger partial charge in [-0.25, -0.2) is 4.68 Å². The maximum atomic E-state index is 5.70. The van der Waals surface area contributed by atoms with Crippen molar-refractivity contribution in [1.29, 1.82) is 0 Å². The molecule has 0 radical (unpaired) electrons. The highest BCUT2D eigenvalue weighted by Gasteiger charge is 2.20. The lowest BCUT2D eigenvalue weighted by Crippen LogP contribution is -2.21. The van der Waals surface area contributed by atoms with Crippen LogP contribution in [0.4, 0.5) is 5.95 Å². The molecule has 4 nitrogen and oxygen atoms in total. The summed E-state index contributed by atoms with van der Waals surface area (Å²) >= 11 is 11.4. The lowest BCUT2D eigenvalue weighted by Gasteiger charge is -2.14. The molecule has 0 unspecified atom stereocenters. The summed E-state index contributed by atoms with van der Waals surface area (Å²) in [5.74, 6) is 1.35. The second kappa shape index (κ2) is 3.95. The van der Waals surface area contributed by atoms with Gasteiger partial charge in [-0.1, -0.05) is 23.2 Å². The molecule has 2 rings (SSSR count). The fourth-order valence-corrected chi connectivity index (χ4v) is 1.87. The van der Waals surface area contributed by atoms with Crippen LogP contribution in [0.15, 0.2) is 0 Å². The third kappa shape index (κ3) is 1.81. The molecule has 0 aromatic carbocycles. The van der Waals surface area contributed by atoms with Crippen LogP contribution in [0.2, 0.25) is 0 Å². The van der Waals surface area contributed by atoms with E-state index in [2.05, 4.69) is 15.0 Å². The summed E-state index contributed by atoms with van der Waals surface area (Å²) in [6.07, 6.45) is 2.43. The quantitative estimate of drug-likeness (QED) is 0.734. The van der Waals surface area contributed by atoms with E-state index in [4.69, 9.17) is 23.2 Å². The SMILES string of the molecule is Cn1nc(C(Cl)Cl)nc1N1CCCC1. The summed E-state index contributed by atoms with van der Waals surface area (Å²) in [6.45, 7) is 2.09. The maximum Gasteiger partial charge on any atom is 0.223 e. The standard InChI is InChI=1S/C8H12Cl2N4/c1-13-8(14-4-2-3-5-14)11-7(12-13)6(9)10/h6H,2-5H2,1H3. The molecule has 1 aromatic rings. The minimum Gasteiger partial charge on any atom is -0.341 e. The second-order valence-corrected chi connectivity index (χ2v) is 4.48. The Balaban J connectivity index is 2.24. The van der Waals surface area contributed by atoms with Gasteiger partial charge in [-0.2, -0.15) is 10.1 Å². The molecule has 2 heterocycles. The Morgan fingerprint density at radius 3 is 2.43 bits per heavy atom. The summed E-state index contributed by atoms with van der Waals surface area (Å²) in [6, 6.07) is 0. The molecule has 0 saturated carbocycles. The van der Waals surface area contributed by atoms with E-state index in [0.717, 1.165) is 19.0 Å². The highest BCUT2D eigenvalue weighted by molar-refractivity contribution is 6.43. The number of aryl methyl sites for hydroxylation is 1. The van der Waals surface area contributed by atoms with Gasteiger partial charge in [0.05, 0.1) is 0 Å². The lowest BCUT2D eigenvalue weighted by atomic mass is 10.4. The zero-order valence-electron chi connectivity index (χ0n) is 7.95. The molecule has 1 fully saturated rings. The van der Waals surface area contributed by atoms with E-state index in [1.165, 1.54) is 12.8 Å². The van der Waals surface area contributed by atoms with Gasteiger partial charge in [0.25, 0.3) is 0 Å². The van der Waals surface area contributed by atoms with E-state index >= 15 is 0 Å². The molecule has 0 bridgehead atoms. The lowest BCUT2D eigenvalue weighted by molar-refractivity contribution is 0.727. The van der Waals surface area contributed by atoms with Crippen molar-refractivity contribution in [2.24, 2.45) is 7.05 Å². The minimum atomic E-state index is -0.641. The van der Waals surface area contributed by atoms with Crippen LogP contribution >= 0.6 is 23.2 Å². The van der Waals surface area contributed by atoms with Gasteiger partial charge in [0.15, 0.2) is 10.7 Å². The predicted octanol–water partition coefficient (Wildman–Crippen LogP) is 1.89. The average molecular weight is 235 g/mol. The first-order chi connectivity index (χ1) is 6.68. The Kier molecular flexibility index (Phi) is 2.83. The smallest absolute Gasteiger partial charge is 0.223 e. The van der Waals surface area contributed by atoms with Gasteiger partial charge in [0.1, 0.15) is 0 Å². The number of hydrogen-bond donors (Lipinski definition) is 0. The maximum absolute atomic E-state index is 5.70. The largest absolute Gasteiger partial charge is 0.341 e. The first-order valence-corrected chi connectivity index (χ1v) is 5.50. The molecule has 1 saturated heterocycles. The fourth-order valence-electron chi connectivity index (χ4n) is 1.68. The molecule has 0 spiro atoms. The topological polar surface area (TPSA) is 34.0 Å². The molecule has 0 atom stereocenters. The summed E-state index contributed by atoms with van der Waals surface area (Å²) in [5.41, 5.74) is 0. The number of nitrogens with zero attached hydrogens (tertiary/aromatic N) is 4. The van der Waals surface area contributed by atoms with Crippen molar-refractivity contribution < 1.29 is 0 Å². The van der Waals surface area contributed by atoms with Crippen molar-refractivity contribution in [3.05, 3.63) is 5.82 Å². The van der Waals surface area contributed by atoms with Crippen molar-refractivity contribution in [3.63, 3.8) is 0 Å². The molecule has 14 heavy (non-hydrogen) atoms. The Hall–Kier alpha value is -0.480. The Morgan fingerprint density at radius 1 is 1.29 bits per heavy atom. The summed E-state index contributed by atoms with van der Waals surface area (Å²) < 4.78 is 1.73. The Morgan fingerprint density at radius 2 is 1.93 bits per heavy atom. The minimum absolute atomic E-state index is 0.484. The van der Waals surface area contributed by atoms with E-state index in [1.54, 1.807) is 4.68 Å². The van der Waals surface area contributed by atoms with Crippen LogP contribution in [-0.4, -0.2) is 27.9 Å². The first kappa shape index (κ1) is 10.1. The van der Waals surface area contributed by atoms with Crippen LogP contribution in [0.5, 0.6) is 0 Å². The monoisotopic (exact) mass is 234 g/mol. The van der Waals surface area contributed by atoms with Gasteiger partial charge in [0.2, 0.25) is 5.95 Å². The summed E-state index contributed by atoms with van der Waals surface area (Å²) in [7, 11) is 1.86. The van der Waals surface area contributed by atoms with Gasteiger partial charge in [0, 0.05) is 20.1 Å². The number of alkyl halides is 2. The highest BCUT2D eigenvalue weighted by atomic mass is 35.5. The van der Waals surface area contributed by atoms with Crippen LogP contribution in [0.3, 0.4) is 0 Å². The molecule has 0 aliphatic carbocycles. The third-order valence-electron chi connectivity index (χ3n) is 2.34. The summed E-state index contributed by atoms with van der Waals surface area (Å²) in [4.78, 5) is 5.87. The van der Waals surface area contributed by atoms with E-state index in [1.807, 2.05) is 7.05 Å². The van der Waals surface area contributed by atoms with E-state index in [9.17, 15) is 0 Å². The van der Waals surface area contributed by atoms with Crippen LogP contribution < -0.4 is 4.90 Å².